The quantitative estimate of drug-likeness (QED) is 0.763. The number of hydrogen-bond donors (Lipinski definition) is 0. The molecule has 19 heavy (non-hydrogen) atoms. The second kappa shape index (κ2) is 5.34. The minimum absolute atomic E-state index is 0.290. The van der Waals surface area contributed by atoms with Crippen LogP contribution in [-0.2, 0) is 4.74 Å². The average molecular weight is 266 g/mol. The Morgan fingerprint density at radius 3 is 2.74 bits per heavy atom. The Balaban J connectivity index is 1.79. The summed E-state index contributed by atoms with van der Waals surface area (Å²) in [4.78, 5) is 5.58. The molecule has 0 aliphatic carbocycles. The molecule has 110 valence electrons. The molecule has 3 atom stereocenters. The van der Waals surface area contributed by atoms with Crippen molar-refractivity contribution < 1.29 is 4.74 Å². The van der Waals surface area contributed by atoms with Crippen molar-refractivity contribution in [1.29, 1.82) is 0 Å². The van der Waals surface area contributed by atoms with Crippen LogP contribution in [0.3, 0.4) is 0 Å². The summed E-state index contributed by atoms with van der Waals surface area (Å²) < 4.78 is 5.72. The van der Waals surface area contributed by atoms with E-state index in [2.05, 4.69) is 30.6 Å². The zero-order valence-electron chi connectivity index (χ0n) is 12.9. The first-order chi connectivity index (χ1) is 9.10. The van der Waals surface area contributed by atoms with Crippen molar-refractivity contribution >= 4 is 0 Å². The summed E-state index contributed by atoms with van der Waals surface area (Å²) in [5.74, 6) is 0.736. The predicted molar refractivity (Wildman–Crippen MR) is 78.4 cm³/mol. The van der Waals surface area contributed by atoms with Crippen LogP contribution < -0.4 is 0 Å². The third-order valence-electron chi connectivity index (χ3n) is 5.64. The molecule has 0 amide bonds. The Hall–Kier alpha value is -0.120. The maximum atomic E-state index is 5.72. The second-order valence-electron chi connectivity index (χ2n) is 7.41. The van der Waals surface area contributed by atoms with E-state index < -0.39 is 0 Å². The van der Waals surface area contributed by atoms with Crippen molar-refractivity contribution in [2.45, 2.75) is 64.1 Å². The molecule has 0 bridgehead atoms. The van der Waals surface area contributed by atoms with E-state index in [0.29, 0.717) is 11.6 Å². The minimum atomic E-state index is 0.290. The molecule has 3 fully saturated rings. The van der Waals surface area contributed by atoms with Gasteiger partial charge in [-0.15, -0.1) is 0 Å². The van der Waals surface area contributed by atoms with Gasteiger partial charge in [-0.25, -0.2) is 0 Å². The molecule has 0 aromatic carbocycles. The van der Waals surface area contributed by atoms with Gasteiger partial charge in [-0.1, -0.05) is 20.3 Å². The van der Waals surface area contributed by atoms with Crippen LogP contribution in [0.15, 0.2) is 0 Å². The maximum absolute atomic E-state index is 5.72. The molecule has 0 radical (unpaired) electrons. The van der Waals surface area contributed by atoms with Gasteiger partial charge in [-0.2, -0.15) is 0 Å². The van der Waals surface area contributed by atoms with Crippen LogP contribution in [-0.4, -0.2) is 60.3 Å². The Labute approximate surface area is 118 Å². The lowest BCUT2D eigenvalue weighted by molar-refractivity contribution is -0.0637. The number of piperazine rings is 1. The molecule has 0 saturated carbocycles. The van der Waals surface area contributed by atoms with E-state index in [4.69, 9.17) is 4.74 Å². The van der Waals surface area contributed by atoms with Crippen LogP contribution in [0.4, 0.5) is 0 Å². The van der Waals surface area contributed by atoms with Crippen LogP contribution in [0.2, 0.25) is 0 Å². The molecule has 0 N–H and O–H groups in total. The topological polar surface area (TPSA) is 15.7 Å². The summed E-state index contributed by atoms with van der Waals surface area (Å²) >= 11 is 0. The molecule has 3 aliphatic heterocycles. The molecular weight excluding hydrogens is 236 g/mol. The van der Waals surface area contributed by atoms with Gasteiger partial charge in [0.1, 0.15) is 0 Å². The summed E-state index contributed by atoms with van der Waals surface area (Å²) in [6, 6.07) is 1.52. The molecule has 3 nitrogen and oxygen atoms in total. The number of hydrogen-bond acceptors (Lipinski definition) is 3. The highest BCUT2D eigenvalue weighted by molar-refractivity contribution is 5.00. The van der Waals surface area contributed by atoms with Crippen molar-refractivity contribution in [3.63, 3.8) is 0 Å². The van der Waals surface area contributed by atoms with Crippen molar-refractivity contribution in [3.8, 4) is 0 Å². The number of fused-ring (bicyclic) bond motifs is 1. The highest BCUT2D eigenvalue weighted by Gasteiger charge is 2.45. The zero-order valence-corrected chi connectivity index (χ0v) is 12.9. The maximum Gasteiger partial charge on any atom is 0.0648 e. The van der Waals surface area contributed by atoms with Gasteiger partial charge < -0.3 is 4.74 Å². The largest absolute Gasteiger partial charge is 0.379 e. The van der Waals surface area contributed by atoms with Crippen molar-refractivity contribution in [2.75, 3.05) is 32.8 Å². The summed E-state index contributed by atoms with van der Waals surface area (Å²) in [7, 11) is 0. The number of nitrogens with zero attached hydrogens (tertiary/aromatic N) is 2. The zero-order chi connectivity index (χ0) is 13.5. The molecule has 3 aliphatic rings. The van der Waals surface area contributed by atoms with Gasteiger partial charge in [0.15, 0.2) is 0 Å². The molecule has 0 aromatic heterocycles. The van der Waals surface area contributed by atoms with E-state index in [1.165, 1.54) is 45.3 Å². The van der Waals surface area contributed by atoms with E-state index in [9.17, 15) is 0 Å². The van der Waals surface area contributed by atoms with Gasteiger partial charge in [0.2, 0.25) is 0 Å². The van der Waals surface area contributed by atoms with Gasteiger partial charge in [-0.3, -0.25) is 9.80 Å². The molecule has 3 unspecified atom stereocenters. The van der Waals surface area contributed by atoms with E-state index in [1.807, 2.05) is 0 Å². The summed E-state index contributed by atoms with van der Waals surface area (Å²) in [6.07, 6.45) is 5.44. The normalized spacial score (nSPS) is 41.7. The fourth-order valence-corrected chi connectivity index (χ4v) is 4.28. The Kier molecular flexibility index (Phi) is 3.89. The molecular formula is C16H30N2O. The number of ether oxygens (including phenoxy) is 1. The highest BCUT2D eigenvalue weighted by atomic mass is 16.5. The summed E-state index contributed by atoms with van der Waals surface area (Å²) in [5.41, 5.74) is 0.290. The van der Waals surface area contributed by atoms with E-state index in [1.54, 1.807) is 0 Å². The Morgan fingerprint density at radius 2 is 2.05 bits per heavy atom. The van der Waals surface area contributed by atoms with E-state index in [-0.39, 0.29) is 0 Å². The molecule has 0 aromatic rings. The summed E-state index contributed by atoms with van der Waals surface area (Å²) in [5, 5.41) is 0. The lowest BCUT2D eigenvalue weighted by Crippen LogP contribution is -2.66. The van der Waals surface area contributed by atoms with Crippen LogP contribution in [0.1, 0.15) is 46.5 Å². The number of piperidine rings is 1. The first kappa shape index (κ1) is 13.8. The highest BCUT2D eigenvalue weighted by Crippen LogP contribution is 2.35. The fraction of sp³-hybridized carbons (Fsp3) is 1.00. The van der Waals surface area contributed by atoms with E-state index in [0.717, 1.165) is 25.2 Å². The lowest BCUT2D eigenvalue weighted by atomic mass is 9.86. The predicted octanol–water partition coefficient (Wildman–Crippen LogP) is 2.36. The average Bonchev–Trinajstić information content (AvgIpc) is 2.85. The third-order valence-corrected chi connectivity index (χ3v) is 5.64. The summed E-state index contributed by atoms with van der Waals surface area (Å²) in [6.45, 7) is 13.0. The fourth-order valence-electron chi connectivity index (χ4n) is 4.28. The molecule has 3 heterocycles. The van der Waals surface area contributed by atoms with Crippen LogP contribution in [0.25, 0.3) is 0 Å². The Morgan fingerprint density at radius 1 is 1.21 bits per heavy atom. The SMILES string of the molecule is CC(C)C1CN2CCCCC2CN1C1(C)CCOC1. The third kappa shape index (κ3) is 2.57. The lowest BCUT2D eigenvalue weighted by Gasteiger charge is -2.54. The van der Waals surface area contributed by atoms with Gasteiger partial charge in [-0.05, 0) is 38.6 Å². The monoisotopic (exact) mass is 266 g/mol. The van der Waals surface area contributed by atoms with Crippen LogP contribution in [0.5, 0.6) is 0 Å². The van der Waals surface area contributed by atoms with Gasteiger partial charge in [0.25, 0.3) is 0 Å². The van der Waals surface area contributed by atoms with Crippen LogP contribution >= 0.6 is 0 Å². The second-order valence-corrected chi connectivity index (χ2v) is 7.41. The van der Waals surface area contributed by atoms with Crippen LogP contribution in [0, 0.1) is 5.92 Å². The first-order valence-electron chi connectivity index (χ1n) is 8.19. The van der Waals surface area contributed by atoms with Gasteiger partial charge in [0, 0.05) is 37.3 Å². The van der Waals surface area contributed by atoms with Crippen molar-refractivity contribution in [2.24, 2.45) is 5.92 Å². The van der Waals surface area contributed by atoms with Crippen molar-refractivity contribution in [1.82, 2.24) is 9.80 Å². The first-order valence-corrected chi connectivity index (χ1v) is 8.19. The van der Waals surface area contributed by atoms with Gasteiger partial charge >= 0.3 is 0 Å². The molecule has 0 spiro atoms. The van der Waals surface area contributed by atoms with E-state index >= 15 is 0 Å². The molecule has 3 rings (SSSR count). The molecule has 3 saturated heterocycles. The molecule has 3 heteroatoms. The van der Waals surface area contributed by atoms with Gasteiger partial charge in [0.05, 0.1) is 6.61 Å². The Bertz CT molecular complexity index is 312. The smallest absolute Gasteiger partial charge is 0.0648 e. The minimum Gasteiger partial charge on any atom is -0.379 e. The standard InChI is InChI=1S/C16H30N2O/c1-13(2)15-11-17-8-5-4-6-14(17)10-18(15)16(3)7-9-19-12-16/h13-15H,4-12H2,1-3H3. The number of rotatable bonds is 2. The van der Waals surface area contributed by atoms with Crippen molar-refractivity contribution in [3.05, 3.63) is 0 Å².